The number of hydrogen-bond acceptors (Lipinski definition) is 9. The number of piperazine rings is 1. The van der Waals surface area contributed by atoms with Crippen LogP contribution < -0.4 is 15.5 Å². The van der Waals surface area contributed by atoms with Crippen LogP contribution in [0.3, 0.4) is 0 Å². The second-order valence-corrected chi connectivity index (χ2v) is 11.0. The fourth-order valence-corrected chi connectivity index (χ4v) is 6.28. The molecule has 0 bridgehead atoms. The van der Waals surface area contributed by atoms with E-state index in [0.29, 0.717) is 44.4 Å². The topological polar surface area (TPSA) is 120 Å². The van der Waals surface area contributed by atoms with Crippen LogP contribution in [0.5, 0.6) is 0 Å². The van der Waals surface area contributed by atoms with Crippen LogP contribution in [0, 0.1) is 6.92 Å². The Labute approximate surface area is 196 Å². The number of aryl methyl sites for hydroxylation is 1. The van der Waals surface area contributed by atoms with Crippen LogP contribution in [0.1, 0.15) is 17.4 Å². The van der Waals surface area contributed by atoms with Gasteiger partial charge in [0.1, 0.15) is 28.0 Å². The normalized spacial score (nSPS) is 14.8. The molecule has 33 heavy (non-hydrogen) atoms. The van der Waals surface area contributed by atoms with Crippen LogP contribution in [0.25, 0.3) is 0 Å². The maximum atomic E-state index is 13.1. The number of nitrogens with zero attached hydrogens (tertiary/aromatic N) is 5. The Morgan fingerprint density at radius 3 is 2.55 bits per heavy atom. The van der Waals surface area contributed by atoms with Gasteiger partial charge in [0.15, 0.2) is 0 Å². The Morgan fingerprint density at radius 1 is 1.06 bits per heavy atom. The van der Waals surface area contributed by atoms with Crippen molar-refractivity contribution >= 4 is 44.7 Å². The third-order valence-corrected chi connectivity index (χ3v) is 8.58. The zero-order valence-electron chi connectivity index (χ0n) is 18.4. The summed E-state index contributed by atoms with van der Waals surface area (Å²) in [4.78, 5) is 26.8. The molecule has 0 saturated carbocycles. The van der Waals surface area contributed by atoms with Crippen molar-refractivity contribution in [2.24, 2.45) is 0 Å². The van der Waals surface area contributed by atoms with E-state index in [1.54, 1.807) is 18.3 Å². The SMILES string of the molecule is CC(=O)NCc1ccc(S(=O)(=O)N2CCN(c3cc(Nc4cc(C)ccn4)ncn3)CC2)s1. The zero-order valence-corrected chi connectivity index (χ0v) is 20.0. The third-order valence-electron chi connectivity index (χ3n) is 5.13. The van der Waals surface area contributed by atoms with Gasteiger partial charge >= 0.3 is 0 Å². The summed E-state index contributed by atoms with van der Waals surface area (Å²) in [7, 11) is -3.58. The molecule has 1 amide bonds. The van der Waals surface area contributed by atoms with Gasteiger partial charge in [0.05, 0.1) is 6.54 Å². The quantitative estimate of drug-likeness (QED) is 0.520. The lowest BCUT2D eigenvalue weighted by Gasteiger charge is -2.34. The number of anilines is 3. The molecule has 0 radical (unpaired) electrons. The number of aromatic nitrogens is 3. The molecule has 1 aliphatic heterocycles. The number of thiophene rings is 1. The number of rotatable bonds is 7. The first kappa shape index (κ1) is 23.1. The molecule has 174 valence electrons. The molecule has 3 aromatic rings. The fourth-order valence-electron chi connectivity index (χ4n) is 3.41. The van der Waals surface area contributed by atoms with Gasteiger partial charge in [0, 0.05) is 50.2 Å². The fraction of sp³-hybridized carbons (Fsp3) is 0.333. The van der Waals surface area contributed by atoms with E-state index in [0.717, 1.165) is 16.3 Å². The van der Waals surface area contributed by atoms with Crippen LogP contribution in [-0.2, 0) is 21.4 Å². The van der Waals surface area contributed by atoms with Gasteiger partial charge in [-0.15, -0.1) is 11.3 Å². The minimum absolute atomic E-state index is 0.151. The second-order valence-electron chi connectivity index (χ2n) is 7.63. The van der Waals surface area contributed by atoms with Gasteiger partial charge in [-0.05, 0) is 36.8 Å². The van der Waals surface area contributed by atoms with E-state index in [1.807, 2.05) is 30.0 Å². The highest BCUT2D eigenvalue weighted by Crippen LogP contribution is 2.27. The van der Waals surface area contributed by atoms with Gasteiger partial charge in [-0.2, -0.15) is 4.31 Å². The van der Waals surface area contributed by atoms with Gasteiger partial charge in [0.25, 0.3) is 10.0 Å². The molecule has 1 fully saturated rings. The number of nitrogens with one attached hydrogen (secondary N) is 2. The molecule has 0 unspecified atom stereocenters. The maximum Gasteiger partial charge on any atom is 0.252 e. The molecule has 0 aromatic carbocycles. The summed E-state index contributed by atoms with van der Waals surface area (Å²) in [5.41, 5.74) is 1.09. The molecule has 12 heteroatoms. The third kappa shape index (κ3) is 5.64. The van der Waals surface area contributed by atoms with Gasteiger partial charge < -0.3 is 15.5 Å². The van der Waals surface area contributed by atoms with Crippen LogP contribution in [0.4, 0.5) is 17.5 Å². The first-order chi connectivity index (χ1) is 15.8. The maximum absolute atomic E-state index is 13.1. The Kier molecular flexibility index (Phi) is 6.86. The van der Waals surface area contributed by atoms with Crippen LogP contribution in [0.15, 0.2) is 47.1 Å². The van der Waals surface area contributed by atoms with Crippen LogP contribution in [0.2, 0.25) is 0 Å². The standard InChI is InChI=1S/C21H25N7O3S2/c1-15-5-6-22-18(11-15)26-19-12-20(25-14-24-19)27-7-9-28(10-8-27)33(30,31)21-4-3-17(32-21)13-23-16(2)29/h3-6,11-12,14H,7-10,13H2,1-2H3,(H,23,29)(H,22,24,25,26). The van der Waals surface area contributed by atoms with Crippen molar-refractivity contribution in [1.29, 1.82) is 0 Å². The van der Waals surface area contributed by atoms with Gasteiger partial charge in [-0.1, -0.05) is 0 Å². The predicted octanol–water partition coefficient (Wildman–Crippen LogP) is 2.13. The molecular formula is C21H25N7O3S2. The van der Waals surface area contributed by atoms with Crippen molar-refractivity contribution in [3.05, 3.63) is 53.3 Å². The van der Waals surface area contributed by atoms with E-state index in [2.05, 4.69) is 25.6 Å². The molecule has 3 aromatic heterocycles. The van der Waals surface area contributed by atoms with E-state index in [9.17, 15) is 13.2 Å². The summed E-state index contributed by atoms with van der Waals surface area (Å²) in [6, 6.07) is 9.02. The Morgan fingerprint density at radius 2 is 1.82 bits per heavy atom. The van der Waals surface area contributed by atoms with Gasteiger partial charge in [0.2, 0.25) is 5.91 Å². The summed E-state index contributed by atoms with van der Waals surface area (Å²) in [5, 5.41) is 5.87. The Bertz CT molecular complexity index is 1240. The summed E-state index contributed by atoms with van der Waals surface area (Å²) < 4.78 is 27.9. The highest BCUT2D eigenvalue weighted by atomic mass is 32.2. The zero-order chi connectivity index (χ0) is 23.4. The number of sulfonamides is 1. The molecule has 0 atom stereocenters. The summed E-state index contributed by atoms with van der Waals surface area (Å²) in [6.07, 6.45) is 3.22. The number of hydrogen-bond donors (Lipinski definition) is 2. The van der Waals surface area contributed by atoms with E-state index >= 15 is 0 Å². The molecule has 4 rings (SSSR count). The molecule has 1 aliphatic rings. The number of pyridine rings is 1. The first-order valence-electron chi connectivity index (χ1n) is 10.4. The lowest BCUT2D eigenvalue weighted by atomic mass is 10.3. The van der Waals surface area contributed by atoms with Crippen molar-refractivity contribution in [3.8, 4) is 0 Å². The van der Waals surface area contributed by atoms with E-state index in [4.69, 9.17) is 0 Å². The molecule has 10 nitrogen and oxygen atoms in total. The first-order valence-corrected chi connectivity index (χ1v) is 12.7. The molecular weight excluding hydrogens is 462 g/mol. The van der Waals surface area contributed by atoms with Crippen molar-refractivity contribution in [3.63, 3.8) is 0 Å². The van der Waals surface area contributed by atoms with Gasteiger partial charge in [-0.3, -0.25) is 4.79 Å². The second kappa shape index (κ2) is 9.81. The Balaban J connectivity index is 1.39. The highest BCUT2D eigenvalue weighted by molar-refractivity contribution is 7.91. The van der Waals surface area contributed by atoms with Crippen molar-refractivity contribution in [2.75, 3.05) is 36.4 Å². The predicted molar refractivity (Wildman–Crippen MR) is 127 cm³/mol. The van der Waals surface area contributed by atoms with Crippen molar-refractivity contribution in [1.82, 2.24) is 24.6 Å². The lowest BCUT2D eigenvalue weighted by Crippen LogP contribution is -2.48. The summed E-state index contributed by atoms with van der Waals surface area (Å²) in [5.74, 6) is 1.90. The monoisotopic (exact) mass is 487 g/mol. The minimum Gasteiger partial charge on any atom is -0.354 e. The highest BCUT2D eigenvalue weighted by Gasteiger charge is 2.30. The smallest absolute Gasteiger partial charge is 0.252 e. The number of carbonyl (C=O) groups excluding carboxylic acids is 1. The van der Waals surface area contributed by atoms with E-state index < -0.39 is 10.0 Å². The average Bonchev–Trinajstić information content (AvgIpc) is 3.28. The minimum atomic E-state index is -3.58. The molecule has 1 saturated heterocycles. The molecule has 0 spiro atoms. The van der Waals surface area contributed by atoms with E-state index in [1.165, 1.54) is 28.9 Å². The Hall–Kier alpha value is -3.09. The van der Waals surface area contributed by atoms with E-state index in [-0.39, 0.29) is 10.1 Å². The van der Waals surface area contributed by atoms with Crippen LogP contribution >= 0.6 is 11.3 Å². The van der Waals surface area contributed by atoms with Gasteiger partial charge in [-0.25, -0.2) is 23.4 Å². The van der Waals surface area contributed by atoms with Crippen molar-refractivity contribution < 1.29 is 13.2 Å². The van der Waals surface area contributed by atoms with Crippen LogP contribution in [-0.4, -0.2) is 59.8 Å². The summed E-state index contributed by atoms with van der Waals surface area (Å²) in [6.45, 7) is 5.49. The number of carbonyl (C=O) groups is 1. The largest absolute Gasteiger partial charge is 0.354 e. The number of amides is 1. The molecule has 4 heterocycles. The molecule has 0 aliphatic carbocycles. The lowest BCUT2D eigenvalue weighted by molar-refractivity contribution is -0.119. The average molecular weight is 488 g/mol. The van der Waals surface area contributed by atoms with Crippen molar-refractivity contribution in [2.45, 2.75) is 24.6 Å². The summed E-state index contributed by atoms with van der Waals surface area (Å²) >= 11 is 1.18. The molecule has 2 N–H and O–H groups in total.